The van der Waals surface area contributed by atoms with Crippen LogP contribution in [0.4, 0.5) is 5.82 Å². The molecule has 2 aromatic heterocycles. The van der Waals surface area contributed by atoms with Gasteiger partial charge in [0, 0.05) is 52.0 Å². The van der Waals surface area contributed by atoms with Gasteiger partial charge in [-0.25, -0.2) is 14.6 Å². The standard InChI is InChI=1S/C16H22N6O/c1-20(15-5-8-17-12-18-15)14-6-9-22(10-7-14)11-13-3-4-16(23)21(2)19-13/h3-5,8,12,14H,6-7,9-11H2,1-2H3. The SMILES string of the molecule is CN(c1ccncn1)C1CCN(Cc2ccc(=O)n(C)n2)CC1. The first-order valence-electron chi connectivity index (χ1n) is 7.88. The van der Waals surface area contributed by atoms with Crippen molar-refractivity contribution in [1.29, 1.82) is 0 Å². The molecule has 7 nitrogen and oxygen atoms in total. The molecule has 1 fully saturated rings. The highest BCUT2D eigenvalue weighted by Gasteiger charge is 2.23. The van der Waals surface area contributed by atoms with Gasteiger partial charge < -0.3 is 4.90 Å². The quantitative estimate of drug-likeness (QED) is 0.826. The summed E-state index contributed by atoms with van der Waals surface area (Å²) in [5.74, 6) is 0.971. The van der Waals surface area contributed by atoms with Crippen LogP contribution in [0.25, 0.3) is 0 Å². The van der Waals surface area contributed by atoms with Crippen LogP contribution >= 0.6 is 0 Å². The molecule has 0 N–H and O–H groups in total. The zero-order chi connectivity index (χ0) is 16.2. The van der Waals surface area contributed by atoms with Gasteiger partial charge in [-0.15, -0.1) is 0 Å². The van der Waals surface area contributed by atoms with Gasteiger partial charge in [0.25, 0.3) is 5.56 Å². The van der Waals surface area contributed by atoms with Gasteiger partial charge >= 0.3 is 0 Å². The molecule has 7 heteroatoms. The van der Waals surface area contributed by atoms with Gasteiger partial charge in [-0.05, 0) is 25.0 Å². The molecule has 0 aliphatic carbocycles. The van der Waals surface area contributed by atoms with Crippen LogP contribution in [-0.4, -0.2) is 50.8 Å². The highest BCUT2D eigenvalue weighted by molar-refractivity contribution is 5.36. The molecule has 1 aliphatic rings. The maximum atomic E-state index is 11.4. The summed E-state index contributed by atoms with van der Waals surface area (Å²) in [6.45, 7) is 2.83. The normalized spacial score (nSPS) is 16.4. The first-order chi connectivity index (χ1) is 11.1. The highest BCUT2D eigenvalue weighted by Crippen LogP contribution is 2.20. The van der Waals surface area contributed by atoms with Crippen molar-refractivity contribution >= 4 is 5.82 Å². The van der Waals surface area contributed by atoms with E-state index in [2.05, 4.69) is 31.9 Å². The third kappa shape index (κ3) is 3.73. The fraction of sp³-hybridized carbons (Fsp3) is 0.500. The van der Waals surface area contributed by atoms with E-state index < -0.39 is 0 Å². The molecule has 0 aromatic carbocycles. The van der Waals surface area contributed by atoms with Crippen LogP contribution in [0.15, 0.2) is 35.5 Å². The summed E-state index contributed by atoms with van der Waals surface area (Å²) in [4.78, 5) is 24.3. The minimum atomic E-state index is -0.0704. The van der Waals surface area contributed by atoms with E-state index >= 15 is 0 Å². The second-order valence-electron chi connectivity index (χ2n) is 5.97. The maximum absolute atomic E-state index is 11.4. The van der Waals surface area contributed by atoms with Crippen LogP contribution in [0.1, 0.15) is 18.5 Å². The summed E-state index contributed by atoms with van der Waals surface area (Å²) in [5, 5.41) is 4.30. The molecule has 1 saturated heterocycles. The highest BCUT2D eigenvalue weighted by atomic mass is 16.1. The number of likely N-dealkylation sites (tertiary alicyclic amines) is 1. The number of aryl methyl sites for hydroxylation is 1. The summed E-state index contributed by atoms with van der Waals surface area (Å²) in [6.07, 6.45) is 5.55. The lowest BCUT2D eigenvalue weighted by Crippen LogP contribution is -2.43. The van der Waals surface area contributed by atoms with Crippen molar-refractivity contribution in [3.05, 3.63) is 46.8 Å². The molecule has 2 aromatic rings. The van der Waals surface area contributed by atoms with Crippen LogP contribution in [0.3, 0.4) is 0 Å². The van der Waals surface area contributed by atoms with Crippen LogP contribution < -0.4 is 10.5 Å². The fourth-order valence-electron chi connectivity index (χ4n) is 3.01. The minimum absolute atomic E-state index is 0.0704. The molecule has 0 radical (unpaired) electrons. The van der Waals surface area contributed by atoms with Crippen LogP contribution in [0, 0.1) is 0 Å². The Morgan fingerprint density at radius 2 is 2.04 bits per heavy atom. The van der Waals surface area contributed by atoms with E-state index in [0.29, 0.717) is 6.04 Å². The molecule has 122 valence electrons. The average Bonchev–Trinajstić information content (AvgIpc) is 2.59. The number of piperidine rings is 1. The predicted octanol–water partition coefficient (Wildman–Crippen LogP) is 0.671. The zero-order valence-electron chi connectivity index (χ0n) is 13.6. The molecule has 3 heterocycles. The Balaban J connectivity index is 1.56. The van der Waals surface area contributed by atoms with E-state index in [9.17, 15) is 4.79 Å². The Bertz CT molecular complexity index is 693. The van der Waals surface area contributed by atoms with E-state index in [1.165, 1.54) is 4.68 Å². The Labute approximate surface area is 135 Å². The van der Waals surface area contributed by atoms with E-state index in [1.54, 1.807) is 25.6 Å². The Hall–Kier alpha value is -2.28. The number of aromatic nitrogens is 4. The zero-order valence-corrected chi connectivity index (χ0v) is 13.6. The molecule has 0 atom stereocenters. The number of anilines is 1. The predicted molar refractivity (Wildman–Crippen MR) is 88.2 cm³/mol. The fourth-order valence-corrected chi connectivity index (χ4v) is 3.01. The molecular weight excluding hydrogens is 292 g/mol. The number of rotatable bonds is 4. The van der Waals surface area contributed by atoms with E-state index in [1.807, 2.05) is 12.1 Å². The van der Waals surface area contributed by atoms with Crippen molar-refractivity contribution in [2.75, 3.05) is 25.0 Å². The summed E-state index contributed by atoms with van der Waals surface area (Å²) < 4.78 is 1.39. The largest absolute Gasteiger partial charge is 0.356 e. The number of hydrogen-bond donors (Lipinski definition) is 0. The van der Waals surface area contributed by atoms with Crippen molar-refractivity contribution in [1.82, 2.24) is 24.6 Å². The molecule has 0 unspecified atom stereocenters. The monoisotopic (exact) mass is 314 g/mol. The third-order valence-electron chi connectivity index (χ3n) is 4.43. The van der Waals surface area contributed by atoms with Gasteiger partial charge in [0.2, 0.25) is 0 Å². The van der Waals surface area contributed by atoms with Crippen molar-refractivity contribution in [2.24, 2.45) is 7.05 Å². The topological polar surface area (TPSA) is 67.2 Å². The van der Waals surface area contributed by atoms with E-state index in [4.69, 9.17) is 0 Å². The molecule has 0 bridgehead atoms. The lowest BCUT2D eigenvalue weighted by molar-refractivity contribution is 0.200. The number of hydrogen-bond acceptors (Lipinski definition) is 6. The van der Waals surface area contributed by atoms with Crippen LogP contribution in [0.5, 0.6) is 0 Å². The van der Waals surface area contributed by atoms with Crippen molar-refractivity contribution in [3.8, 4) is 0 Å². The second kappa shape index (κ2) is 6.87. The molecule has 1 aliphatic heterocycles. The third-order valence-corrected chi connectivity index (χ3v) is 4.43. The van der Waals surface area contributed by atoms with Gasteiger partial charge in [-0.2, -0.15) is 5.10 Å². The van der Waals surface area contributed by atoms with Crippen molar-refractivity contribution in [2.45, 2.75) is 25.4 Å². The smallest absolute Gasteiger partial charge is 0.266 e. The average molecular weight is 314 g/mol. The Kier molecular flexibility index (Phi) is 4.66. The Morgan fingerprint density at radius 1 is 1.26 bits per heavy atom. The van der Waals surface area contributed by atoms with Crippen LogP contribution in [-0.2, 0) is 13.6 Å². The molecular formula is C16H22N6O. The summed E-state index contributed by atoms with van der Waals surface area (Å²) in [6, 6.07) is 5.84. The Morgan fingerprint density at radius 3 is 2.70 bits per heavy atom. The van der Waals surface area contributed by atoms with Gasteiger partial charge in [0.15, 0.2) is 0 Å². The molecule has 3 rings (SSSR count). The molecule has 0 saturated carbocycles. The molecule has 23 heavy (non-hydrogen) atoms. The maximum Gasteiger partial charge on any atom is 0.266 e. The molecule has 0 spiro atoms. The number of nitrogens with zero attached hydrogens (tertiary/aromatic N) is 6. The van der Waals surface area contributed by atoms with E-state index in [-0.39, 0.29) is 5.56 Å². The van der Waals surface area contributed by atoms with Crippen molar-refractivity contribution in [3.63, 3.8) is 0 Å². The van der Waals surface area contributed by atoms with Crippen molar-refractivity contribution < 1.29 is 0 Å². The first kappa shape index (κ1) is 15.6. The lowest BCUT2D eigenvalue weighted by Gasteiger charge is -2.37. The van der Waals surface area contributed by atoms with Gasteiger partial charge in [-0.1, -0.05) is 0 Å². The lowest BCUT2D eigenvalue weighted by atomic mass is 10.0. The van der Waals surface area contributed by atoms with Gasteiger partial charge in [0.1, 0.15) is 12.1 Å². The molecule has 0 amide bonds. The first-order valence-corrected chi connectivity index (χ1v) is 7.88. The minimum Gasteiger partial charge on any atom is -0.356 e. The van der Waals surface area contributed by atoms with Gasteiger partial charge in [-0.3, -0.25) is 9.69 Å². The van der Waals surface area contributed by atoms with E-state index in [0.717, 1.165) is 44.0 Å². The second-order valence-corrected chi connectivity index (χ2v) is 5.97. The summed E-state index contributed by atoms with van der Waals surface area (Å²) >= 11 is 0. The summed E-state index contributed by atoms with van der Waals surface area (Å²) in [7, 11) is 3.78. The van der Waals surface area contributed by atoms with Crippen LogP contribution in [0.2, 0.25) is 0 Å². The summed E-state index contributed by atoms with van der Waals surface area (Å²) in [5.41, 5.74) is 0.869. The van der Waals surface area contributed by atoms with Gasteiger partial charge in [0.05, 0.1) is 5.69 Å².